The molecule has 9 nitrogen and oxygen atoms in total. The van der Waals surface area contributed by atoms with E-state index in [0.717, 1.165) is 0 Å². The Morgan fingerprint density at radius 3 is 2.33 bits per heavy atom. The molecule has 1 aliphatic heterocycles. The Kier molecular flexibility index (Phi) is 6.64. The van der Waals surface area contributed by atoms with Gasteiger partial charge >= 0.3 is 0 Å². The molecule has 9 heteroatoms. The average Bonchev–Trinajstić information content (AvgIpc) is 2.70. The molecule has 1 aliphatic rings. The van der Waals surface area contributed by atoms with Crippen molar-refractivity contribution in [3.8, 4) is 0 Å². The summed E-state index contributed by atoms with van der Waals surface area (Å²) in [5.74, 6) is -0.938. The summed E-state index contributed by atoms with van der Waals surface area (Å²) < 4.78 is 0. The van der Waals surface area contributed by atoms with Gasteiger partial charge in [-0.15, -0.1) is 0 Å². The number of carbonyl (C=O) groups excluding carboxylic acids is 3. The molecule has 0 aliphatic carbocycles. The average molecular weight is 374 g/mol. The maximum absolute atomic E-state index is 12.6. The van der Waals surface area contributed by atoms with Crippen LogP contribution in [0.5, 0.6) is 0 Å². The molecule has 0 aromatic heterocycles. The number of likely N-dealkylation sites (N-methyl/N-ethyl adjacent to an activating group) is 1. The molecule has 1 saturated heterocycles. The van der Waals surface area contributed by atoms with Crippen LogP contribution in [0.15, 0.2) is 36.9 Å². The van der Waals surface area contributed by atoms with Gasteiger partial charge < -0.3 is 14.7 Å². The van der Waals surface area contributed by atoms with Crippen molar-refractivity contribution in [3.05, 3.63) is 52.6 Å². The first kappa shape index (κ1) is 20.1. The van der Waals surface area contributed by atoms with Crippen LogP contribution in [0, 0.1) is 10.1 Å². The van der Waals surface area contributed by atoms with Crippen molar-refractivity contribution in [2.45, 2.75) is 6.92 Å². The van der Waals surface area contributed by atoms with E-state index in [1.54, 1.807) is 17.9 Å². The lowest BCUT2D eigenvalue weighted by atomic mass is 10.1. The highest BCUT2D eigenvalue weighted by Crippen LogP contribution is 2.20. The van der Waals surface area contributed by atoms with Crippen molar-refractivity contribution in [1.82, 2.24) is 14.7 Å². The van der Waals surface area contributed by atoms with E-state index < -0.39 is 10.8 Å². The first-order valence-corrected chi connectivity index (χ1v) is 8.60. The minimum atomic E-state index is -0.580. The quantitative estimate of drug-likeness (QED) is 0.418. The molecular formula is C18H22N4O5. The highest BCUT2D eigenvalue weighted by Gasteiger charge is 2.29. The molecule has 0 bridgehead atoms. The van der Waals surface area contributed by atoms with E-state index >= 15 is 0 Å². The van der Waals surface area contributed by atoms with Gasteiger partial charge in [-0.3, -0.25) is 24.5 Å². The molecule has 0 atom stereocenters. The predicted octanol–water partition coefficient (Wildman–Crippen LogP) is 0.914. The number of hydrogen-bond acceptors (Lipinski definition) is 5. The summed E-state index contributed by atoms with van der Waals surface area (Å²) >= 11 is 0. The maximum atomic E-state index is 12.6. The van der Waals surface area contributed by atoms with Crippen molar-refractivity contribution in [3.63, 3.8) is 0 Å². The van der Waals surface area contributed by atoms with Crippen LogP contribution in [-0.2, 0) is 9.59 Å². The Balaban J connectivity index is 1.98. The second-order valence-electron chi connectivity index (χ2n) is 6.00. The second-order valence-corrected chi connectivity index (χ2v) is 6.00. The number of amides is 3. The Bertz CT molecular complexity index is 756. The Labute approximate surface area is 157 Å². The molecule has 0 spiro atoms. The molecule has 27 heavy (non-hydrogen) atoms. The monoisotopic (exact) mass is 374 g/mol. The topological polar surface area (TPSA) is 104 Å². The van der Waals surface area contributed by atoms with E-state index in [0.29, 0.717) is 19.6 Å². The van der Waals surface area contributed by atoms with Gasteiger partial charge in [0.25, 0.3) is 11.6 Å². The first-order valence-electron chi connectivity index (χ1n) is 8.60. The minimum absolute atomic E-state index is 0.0380. The highest BCUT2D eigenvalue weighted by atomic mass is 16.6. The number of hydrogen-bond donors (Lipinski definition) is 0. The van der Waals surface area contributed by atoms with Gasteiger partial charge in [-0.05, 0) is 19.1 Å². The minimum Gasteiger partial charge on any atom is -0.338 e. The van der Waals surface area contributed by atoms with Crippen LogP contribution in [0.3, 0.4) is 0 Å². The number of nitro groups is 1. The van der Waals surface area contributed by atoms with Gasteiger partial charge in [0.05, 0.1) is 11.5 Å². The zero-order valence-corrected chi connectivity index (χ0v) is 15.2. The molecule has 1 aromatic carbocycles. The molecule has 0 unspecified atom stereocenters. The van der Waals surface area contributed by atoms with E-state index in [9.17, 15) is 24.5 Å². The van der Waals surface area contributed by atoms with Crippen molar-refractivity contribution >= 4 is 23.4 Å². The van der Waals surface area contributed by atoms with E-state index in [2.05, 4.69) is 6.58 Å². The van der Waals surface area contributed by atoms with Gasteiger partial charge in [0.15, 0.2) is 0 Å². The fourth-order valence-electron chi connectivity index (χ4n) is 2.88. The number of piperazine rings is 1. The van der Waals surface area contributed by atoms with Crippen LogP contribution >= 0.6 is 0 Å². The number of benzene rings is 1. The lowest BCUT2D eigenvalue weighted by molar-refractivity contribution is -0.385. The maximum Gasteiger partial charge on any atom is 0.282 e. The molecule has 0 saturated carbocycles. The van der Waals surface area contributed by atoms with Gasteiger partial charge in [-0.1, -0.05) is 18.7 Å². The Morgan fingerprint density at radius 1 is 1.19 bits per heavy atom. The number of rotatable bonds is 6. The van der Waals surface area contributed by atoms with E-state index in [1.165, 1.54) is 34.1 Å². The lowest BCUT2D eigenvalue weighted by Crippen LogP contribution is -2.53. The van der Waals surface area contributed by atoms with Crippen LogP contribution < -0.4 is 0 Å². The summed E-state index contributed by atoms with van der Waals surface area (Å²) in [6.07, 6.45) is 1.17. The smallest absolute Gasteiger partial charge is 0.282 e. The van der Waals surface area contributed by atoms with Gasteiger partial charge in [-0.25, -0.2) is 0 Å². The number of para-hydroxylation sites is 1. The molecule has 1 fully saturated rings. The van der Waals surface area contributed by atoms with Crippen molar-refractivity contribution < 1.29 is 19.3 Å². The third-order valence-corrected chi connectivity index (χ3v) is 4.44. The van der Waals surface area contributed by atoms with Crippen LogP contribution in [0.25, 0.3) is 0 Å². The van der Waals surface area contributed by atoms with Gasteiger partial charge in [0.1, 0.15) is 5.56 Å². The highest BCUT2D eigenvalue weighted by molar-refractivity contribution is 5.98. The zero-order chi connectivity index (χ0) is 20.0. The normalized spacial score (nSPS) is 13.8. The van der Waals surface area contributed by atoms with Gasteiger partial charge in [0, 0.05) is 38.8 Å². The first-order chi connectivity index (χ1) is 12.9. The molecule has 1 aromatic rings. The lowest BCUT2D eigenvalue weighted by Gasteiger charge is -2.35. The molecule has 0 N–H and O–H groups in total. The summed E-state index contributed by atoms with van der Waals surface area (Å²) in [5.41, 5.74) is -0.196. The SMILES string of the molecule is C=CC(=O)N(CC)CC(=O)N1CCN(C(=O)c2ccccc2[N+](=O)[O-])CC1. The number of carbonyl (C=O) groups is 3. The van der Waals surface area contributed by atoms with Crippen LogP contribution in [0.1, 0.15) is 17.3 Å². The van der Waals surface area contributed by atoms with Gasteiger partial charge in [-0.2, -0.15) is 0 Å². The number of nitrogens with zero attached hydrogens (tertiary/aromatic N) is 4. The molecule has 144 valence electrons. The zero-order valence-electron chi connectivity index (χ0n) is 15.2. The molecular weight excluding hydrogens is 352 g/mol. The third-order valence-electron chi connectivity index (χ3n) is 4.44. The molecule has 1 heterocycles. The van der Waals surface area contributed by atoms with Crippen LogP contribution in [0.2, 0.25) is 0 Å². The Morgan fingerprint density at radius 2 is 1.78 bits per heavy atom. The van der Waals surface area contributed by atoms with E-state index in [-0.39, 0.29) is 42.7 Å². The van der Waals surface area contributed by atoms with Crippen LogP contribution in [-0.4, -0.2) is 76.6 Å². The summed E-state index contributed by atoms with van der Waals surface area (Å²) in [4.78, 5) is 51.7. The second kappa shape index (κ2) is 8.93. The summed E-state index contributed by atoms with van der Waals surface area (Å²) in [6.45, 7) is 6.72. The standard InChI is InChI=1S/C18H22N4O5/c1-3-16(23)19(4-2)13-17(24)20-9-11-21(12-10-20)18(25)14-7-5-6-8-15(14)22(26)27/h3,5-8H,1,4,9-13H2,2H3. The summed E-state index contributed by atoms with van der Waals surface area (Å²) in [6, 6.07) is 5.81. The fraction of sp³-hybridized carbons (Fsp3) is 0.389. The summed E-state index contributed by atoms with van der Waals surface area (Å²) in [7, 11) is 0. The largest absolute Gasteiger partial charge is 0.338 e. The number of nitro benzene ring substituents is 1. The molecule has 0 radical (unpaired) electrons. The predicted molar refractivity (Wildman–Crippen MR) is 98.0 cm³/mol. The van der Waals surface area contributed by atoms with Crippen molar-refractivity contribution in [1.29, 1.82) is 0 Å². The fourth-order valence-corrected chi connectivity index (χ4v) is 2.88. The van der Waals surface area contributed by atoms with Crippen LogP contribution in [0.4, 0.5) is 5.69 Å². The summed E-state index contributed by atoms with van der Waals surface area (Å²) in [5, 5.41) is 11.1. The third kappa shape index (κ3) is 4.69. The van der Waals surface area contributed by atoms with E-state index in [4.69, 9.17) is 0 Å². The molecule has 2 rings (SSSR count). The van der Waals surface area contributed by atoms with Crippen molar-refractivity contribution in [2.75, 3.05) is 39.3 Å². The van der Waals surface area contributed by atoms with Crippen molar-refractivity contribution in [2.24, 2.45) is 0 Å². The van der Waals surface area contributed by atoms with Gasteiger partial charge in [0.2, 0.25) is 11.8 Å². The van der Waals surface area contributed by atoms with E-state index in [1.807, 2.05) is 0 Å². The Hall–Kier alpha value is -3.23. The molecule has 3 amide bonds.